The monoisotopic (exact) mass is 480 g/mol. The van der Waals surface area contributed by atoms with Crippen molar-refractivity contribution < 1.29 is 8.42 Å². The van der Waals surface area contributed by atoms with Gasteiger partial charge in [-0.2, -0.15) is 4.31 Å². The van der Waals surface area contributed by atoms with E-state index >= 15 is 0 Å². The number of hydrogen-bond donors (Lipinski definition) is 0. The molecule has 6 nitrogen and oxygen atoms in total. The first-order chi connectivity index (χ1) is 17.1. The van der Waals surface area contributed by atoms with Gasteiger partial charge in [0.15, 0.2) is 5.82 Å². The molecule has 0 atom stereocenters. The maximum atomic E-state index is 13.4. The topological polar surface area (TPSA) is 66.4 Å². The number of fused-ring (bicyclic) bond motifs is 2. The first-order valence-electron chi connectivity index (χ1n) is 11.7. The molecule has 1 fully saturated rings. The fraction of sp³-hybridized carbons (Fsp3) is 0.143. The molecule has 0 radical (unpaired) electrons. The molecule has 1 saturated heterocycles. The Hall–Kier alpha value is -3.81. The average molecular weight is 481 g/mol. The molecule has 6 rings (SSSR count). The van der Waals surface area contributed by atoms with E-state index in [0.29, 0.717) is 31.1 Å². The molecule has 174 valence electrons. The van der Waals surface area contributed by atoms with E-state index in [4.69, 9.17) is 9.97 Å². The van der Waals surface area contributed by atoms with E-state index in [9.17, 15) is 8.42 Å². The van der Waals surface area contributed by atoms with Crippen molar-refractivity contribution in [2.45, 2.75) is 4.90 Å². The first kappa shape index (κ1) is 21.7. The molecule has 0 spiro atoms. The number of sulfonamides is 1. The van der Waals surface area contributed by atoms with Crippen LogP contribution in [0.15, 0.2) is 102 Å². The predicted octanol–water partition coefficient (Wildman–Crippen LogP) is 4.96. The van der Waals surface area contributed by atoms with Crippen LogP contribution in [0.1, 0.15) is 0 Å². The summed E-state index contributed by atoms with van der Waals surface area (Å²) in [7, 11) is -3.59. The van der Waals surface area contributed by atoms with E-state index in [1.807, 2.05) is 84.9 Å². The molecule has 0 N–H and O–H groups in total. The Balaban J connectivity index is 1.30. The molecule has 0 bridgehead atoms. The third-order valence-corrected chi connectivity index (χ3v) is 8.39. The highest BCUT2D eigenvalue weighted by Gasteiger charge is 2.30. The predicted molar refractivity (Wildman–Crippen MR) is 140 cm³/mol. The van der Waals surface area contributed by atoms with Gasteiger partial charge in [0.1, 0.15) is 5.69 Å². The van der Waals surface area contributed by atoms with Crippen LogP contribution in [0, 0.1) is 0 Å². The highest BCUT2D eigenvalue weighted by molar-refractivity contribution is 7.89. The van der Waals surface area contributed by atoms with E-state index in [1.54, 1.807) is 16.4 Å². The van der Waals surface area contributed by atoms with Gasteiger partial charge in [0.05, 0.1) is 15.9 Å². The molecule has 0 saturated carbocycles. The highest BCUT2D eigenvalue weighted by atomic mass is 32.2. The molecule has 5 aromatic rings. The summed E-state index contributed by atoms with van der Waals surface area (Å²) in [6.07, 6.45) is 0. The number of para-hydroxylation sites is 2. The van der Waals surface area contributed by atoms with Gasteiger partial charge in [-0.25, -0.2) is 18.4 Å². The van der Waals surface area contributed by atoms with Crippen molar-refractivity contribution in [2.24, 2.45) is 0 Å². The molecule has 1 aliphatic rings. The lowest BCUT2D eigenvalue weighted by molar-refractivity contribution is 0.384. The fourth-order valence-corrected chi connectivity index (χ4v) is 6.08. The van der Waals surface area contributed by atoms with Gasteiger partial charge in [-0.05, 0) is 35.0 Å². The summed E-state index contributed by atoms with van der Waals surface area (Å²) in [5.74, 6) is 0.789. The second kappa shape index (κ2) is 8.76. The standard InChI is InChI=1S/C28H24N4O2S/c33-35(34,24-15-14-21-8-4-5-11-23(21)20-24)32-18-16-31(17-19-32)28-27(22-9-2-1-3-10-22)29-25-12-6-7-13-26(25)30-28/h1-15,20H,16-19H2. The van der Waals surface area contributed by atoms with Gasteiger partial charge in [0, 0.05) is 31.7 Å². The van der Waals surface area contributed by atoms with E-state index in [0.717, 1.165) is 38.9 Å². The molecule has 7 heteroatoms. The SMILES string of the molecule is O=S(=O)(c1ccc2ccccc2c1)N1CCN(c2nc3ccccc3nc2-c2ccccc2)CC1. The summed E-state index contributed by atoms with van der Waals surface area (Å²) in [5.41, 5.74) is 3.48. The van der Waals surface area contributed by atoms with E-state index in [2.05, 4.69) is 4.90 Å². The normalized spacial score (nSPS) is 15.0. The zero-order chi connectivity index (χ0) is 23.8. The van der Waals surface area contributed by atoms with Gasteiger partial charge in [0.25, 0.3) is 0 Å². The smallest absolute Gasteiger partial charge is 0.243 e. The summed E-state index contributed by atoms with van der Waals surface area (Å²) >= 11 is 0. The third-order valence-electron chi connectivity index (χ3n) is 6.50. The van der Waals surface area contributed by atoms with Gasteiger partial charge in [-0.3, -0.25) is 0 Å². The Bertz CT molecular complexity index is 1630. The van der Waals surface area contributed by atoms with Crippen LogP contribution in [0.25, 0.3) is 33.1 Å². The van der Waals surface area contributed by atoms with Crippen LogP contribution in [0.4, 0.5) is 5.82 Å². The van der Waals surface area contributed by atoms with Gasteiger partial charge >= 0.3 is 0 Å². The van der Waals surface area contributed by atoms with Gasteiger partial charge in [0.2, 0.25) is 10.0 Å². The number of hydrogen-bond acceptors (Lipinski definition) is 5. The Kier molecular flexibility index (Phi) is 5.43. The van der Waals surface area contributed by atoms with Crippen molar-refractivity contribution in [3.8, 4) is 11.3 Å². The Labute approximate surface area is 204 Å². The Morgan fingerprint density at radius 1 is 0.629 bits per heavy atom. The molecule has 0 unspecified atom stereocenters. The highest BCUT2D eigenvalue weighted by Crippen LogP contribution is 2.31. The van der Waals surface area contributed by atoms with Crippen LogP contribution in [-0.4, -0.2) is 48.9 Å². The largest absolute Gasteiger partial charge is 0.352 e. The number of benzene rings is 4. The Morgan fingerprint density at radius 3 is 2.00 bits per heavy atom. The number of piperazine rings is 1. The third kappa shape index (κ3) is 4.03. The quantitative estimate of drug-likeness (QED) is 0.364. The van der Waals surface area contributed by atoms with E-state index in [1.165, 1.54) is 0 Å². The number of anilines is 1. The summed E-state index contributed by atoms with van der Waals surface area (Å²) in [5, 5.41) is 1.95. The van der Waals surface area contributed by atoms with Crippen LogP contribution in [0.2, 0.25) is 0 Å². The average Bonchev–Trinajstić information content (AvgIpc) is 2.92. The fourth-order valence-electron chi connectivity index (χ4n) is 4.62. The zero-order valence-electron chi connectivity index (χ0n) is 19.1. The molecule has 0 amide bonds. The first-order valence-corrected chi connectivity index (χ1v) is 13.1. The summed E-state index contributed by atoms with van der Waals surface area (Å²) in [6, 6.07) is 31.0. The molecule has 35 heavy (non-hydrogen) atoms. The maximum Gasteiger partial charge on any atom is 0.243 e. The van der Waals surface area contributed by atoms with Crippen molar-refractivity contribution in [1.29, 1.82) is 0 Å². The van der Waals surface area contributed by atoms with Crippen molar-refractivity contribution >= 4 is 37.6 Å². The lowest BCUT2D eigenvalue weighted by Crippen LogP contribution is -2.49. The van der Waals surface area contributed by atoms with Crippen LogP contribution in [0.3, 0.4) is 0 Å². The minimum Gasteiger partial charge on any atom is -0.352 e. The zero-order valence-corrected chi connectivity index (χ0v) is 19.9. The molecule has 0 aliphatic carbocycles. The lowest BCUT2D eigenvalue weighted by atomic mass is 10.1. The molecular weight excluding hydrogens is 456 g/mol. The van der Waals surface area contributed by atoms with Crippen LogP contribution in [-0.2, 0) is 10.0 Å². The second-order valence-corrected chi connectivity index (χ2v) is 10.6. The summed E-state index contributed by atoms with van der Waals surface area (Å²) < 4.78 is 28.4. The molecule has 1 aliphatic heterocycles. The summed E-state index contributed by atoms with van der Waals surface area (Å²) in [4.78, 5) is 12.4. The van der Waals surface area contributed by atoms with Crippen molar-refractivity contribution in [2.75, 3.05) is 31.1 Å². The second-order valence-electron chi connectivity index (χ2n) is 8.65. The van der Waals surface area contributed by atoms with E-state index < -0.39 is 10.0 Å². The molecule has 2 heterocycles. The minimum absolute atomic E-state index is 0.333. The number of rotatable bonds is 4. The number of nitrogens with zero attached hydrogens (tertiary/aromatic N) is 4. The molecule has 4 aromatic carbocycles. The Morgan fingerprint density at radius 2 is 1.26 bits per heavy atom. The van der Waals surface area contributed by atoms with Crippen molar-refractivity contribution in [3.05, 3.63) is 97.1 Å². The molecule has 1 aromatic heterocycles. The lowest BCUT2D eigenvalue weighted by Gasteiger charge is -2.35. The van der Waals surface area contributed by atoms with Gasteiger partial charge in [-0.15, -0.1) is 0 Å². The van der Waals surface area contributed by atoms with Crippen molar-refractivity contribution in [3.63, 3.8) is 0 Å². The van der Waals surface area contributed by atoms with Crippen LogP contribution in [0.5, 0.6) is 0 Å². The van der Waals surface area contributed by atoms with Crippen molar-refractivity contribution in [1.82, 2.24) is 14.3 Å². The summed E-state index contributed by atoms with van der Waals surface area (Å²) in [6.45, 7) is 1.86. The van der Waals surface area contributed by atoms with Crippen LogP contribution >= 0.6 is 0 Å². The van der Waals surface area contributed by atoms with E-state index in [-0.39, 0.29) is 0 Å². The van der Waals surface area contributed by atoms with Gasteiger partial charge in [-0.1, -0.05) is 72.8 Å². The maximum absolute atomic E-state index is 13.4. The van der Waals surface area contributed by atoms with Gasteiger partial charge < -0.3 is 4.90 Å². The minimum atomic E-state index is -3.59. The molecular formula is C28H24N4O2S. The van der Waals surface area contributed by atoms with Crippen LogP contribution < -0.4 is 4.90 Å². The number of aromatic nitrogens is 2.